The van der Waals surface area contributed by atoms with Crippen LogP contribution in [0.15, 0.2) is 42.5 Å². The molecule has 0 aliphatic rings. The number of carboxylic acid groups (broad SMARTS) is 1. The number of rotatable bonds is 8. The molecule has 2 rings (SSSR count). The molecule has 0 aliphatic carbocycles. The van der Waals surface area contributed by atoms with E-state index in [-0.39, 0.29) is 6.04 Å². The molecule has 0 saturated carbocycles. The number of carbonyl (C=O) groups excluding carboxylic acids is 1. The first-order chi connectivity index (χ1) is 12.0. The predicted molar refractivity (Wildman–Crippen MR) is 98.4 cm³/mol. The summed E-state index contributed by atoms with van der Waals surface area (Å²) in [4.78, 5) is 23.5. The third-order valence-corrected chi connectivity index (χ3v) is 4.19. The molecule has 5 N–H and O–H groups in total. The normalized spacial score (nSPS) is 13.2. The highest BCUT2D eigenvalue weighted by molar-refractivity contribution is 5.87. The van der Waals surface area contributed by atoms with E-state index in [9.17, 15) is 14.7 Å². The molecule has 2 atom stereocenters. The fourth-order valence-corrected chi connectivity index (χ4v) is 2.85. The van der Waals surface area contributed by atoms with Gasteiger partial charge in [-0.1, -0.05) is 42.5 Å². The first-order valence-corrected chi connectivity index (χ1v) is 8.50. The van der Waals surface area contributed by atoms with E-state index in [2.05, 4.69) is 10.6 Å². The molecule has 2 aromatic rings. The lowest BCUT2D eigenvalue weighted by Crippen LogP contribution is -2.46. The van der Waals surface area contributed by atoms with Gasteiger partial charge in [-0.2, -0.15) is 0 Å². The third-order valence-electron chi connectivity index (χ3n) is 4.19. The molecule has 2 amide bonds. The summed E-state index contributed by atoms with van der Waals surface area (Å²) >= 11 is 0. The largest absolute Gasteiger partial charge is 0.480 e. The molecule has 0 spiro atoms. The summed E-state index contributed by atoms with van der Waals surface area (Å²) in [6.45, 7) is 2.39. The molecule has 2 unspecified atom stereocenters. The van der Waals surface area contributed by atoms with Gasteiger partial charge in [-0.05, 0) is 49.1 Å². The number of nitrogens with two attached hydrogens (primary N) is 1. The predicted octanol–water partition coefficient (Wildman–Crippen LogP) is 2.78. The van der Waals surface area contributed by atoms with Crippen molar-refractivity contribution in [2.45, 2.75) is 38.3 Å². The highest BCUT2D eigenvalue weighted by Crippen LogP contribution is 2.23. The molecule has 0 saturated heterocycles. The number of hydrogen-bond donors (Lipinski definition) is 4. The van der Waals surface area contributed by atoms with Gasteiger partial charge in [0.25, 0.3) is 0 Å². The molecule has 6 nitrogen and oxygen atoms in total. The highest BCUT2D eigenvalue weighted by atomic mass is 16.4. The second-order valence-electron chi connectivity index (χ2n) is 6.08. The Bertz CT molecular complexity index is 727. The van der Waals surface area contributed by atoms with Crippen molar-refractivity contribution in [2.75, 3.05) is 6.54 Å². The summed E-state index contributed by atoms with van der Waals surface area (Å²) in [5, 5.41) is 16.8. The van der Waals surface area contributed by atoms with Gasteiger partial charge in [-0.3, -0.25) is 0 Å². The first kappa shape index (κ1) is 18.7. The zero-order chi connectivity index (χ0) is 18.2. The Morgan fingerprint density at radius 1 is 1.08 bits per heavy atom. The van der Waals surface area contributed by atoms with Crippen molar-refractivity contribution in [1.82, 2.24) is 10.6 Å². The quantitative estimate of drug-likeness (QED) is 0.553. The lowest BCUT2D eigenvalue weighted by molar-refractivity contribution is -0.139. The highest BCUT2D eigenvalue weighted by Gasteiger charge is 2.20. The lowest BCUT2D eigenvalue weighted by atomic mass is 10.00. The Labute approximate surface area is 147 Å². The van der Waals surface area contributed by atoms with Crippen LogP contribution >= 0.6 is 0 Å². The second kappa shape index (κ2) is 9.03. The number of carbonyl (C=O) groups is 2. The maximum absolute atomic E-state index is 12.2. The van der Waals surface area contributed by atoms with Crippen LogP contribution in [0.2, 0.25) is 0 Å². The van der Waals surface area contributed by atoms with E-state index >= 15 is 0 Å². The third kappa shape index (κ3) is 5.19. The van der Waals surface area contributed by atoms with Gasteiger partial charge in [-0.15, -0.1) is 0 Å². The minimum Gasteiger partial charge on any atom is -0.480 e. The van der Waals surface area contributed by atoms with E-state index in [1.807, 2.05) is 49.4 Å². The van der Waals surface area contributed by atoms with Crippen LogP contribution in [0, 0.1) is 0 Å². The van der Waals surface area contributed by atoms with Gasteiger partial charge >= 0.3 is 12.0 Å². The minimum atomic E-state index is -1.04. The summed E-state index contributed by atoms with van der Waals surface area (Å²) in [7, 11) is 0. The van der Waals surface area contributed by atoms with Crippen molar-refractivity contribution in [3.05, 3.63) is 48.0 Å². The average molecular weight is 343 g/mol. The number of amides is 2. The van der Waals surface area contributed by atoms with Crippen LogP contribution in [0.3, 0.4) is 0 Å². The van der Waals surface area contributed by atoms with E-state index in [0.29, 0.717) is 19.4 Å². The summed E-state index contributed by atoms with van der Waals surface area (Å²) in [5.41, 5.74) is 6.41. The Morgan fingerprint density at radius 3 is 2.52 bits per heavy atom. The van der Waals surface area contributed by atoms with Crippen molar-refractivity contribution in [2.24, 2.45) is 5.73 Å². The molecule has 0 aromatic heterocycles. The average Bonchev–Trinajstić information content (AvgIpc) is 2.60. The smallest absolute Gasteiger partial charge is 0.326 e. The molecule has 0 aliphatic heterocycles. The summed E-state index contributed by atoms with van der Waals surface area (Å²) < 4.78 is 0. The number of carboxylic acids is 1. The van der Waals surface area contributed by atoms with Crippen molar-refractivity contribution in [1.29, 1.82) is 0 Å². The fourth-order valence-electron chi connectivity index (χ4n) is 2.85. The molecule has 6 heteroatoms. The molecule has 25 heavy (non-hydrogen) atoms. The SMILES string of the molecule is CC(NC(=O)NC(CCCCN)C(=O)O)c1cccc2ccccc12. The number of hydrogen-bond acceptors (Lipinski definition) is 3. The van der Waals surface area contributed by atoms with E-state index in [4.69, 9.17) is 5.73 Å². The van der Waals surface area contributed by atoms with Gasteiger partial charge in [-0.25, -0.2) is 9.59 Å². The van der Waals surface area contributed by atoms with Crippen LogP contribution in [-0.4, -0.2) is 29.7 Å². The summed E-state index contributed by atoms with van der Waals surface area (Å²) in [5.74, 6) is -1.04. The van der Waals surface area contributed by atoms with E-state index < -0.39 is 18.0 Å². The second-order valence-corrected chi connectivity index (χ2v) is 6.08. The molecule has 0 bridgehead atoms. The van der Waals surface area contributed by atoms with Gasteiger partial charge in [0.1, 0.15) is 6.04 Å². The van der Waals surface area contributed by atoms with Gasteiger partial charge in [0.2, 0.25) is 0 Å². The van der Waals surface area contributed by atoms with Crippen LogP contribution in [0.5, 0.6) is 0 Å². The number of nitrogens with one attached hydrogen (secondary N) is 2. The van der Waals surface area contributed by atoms with Crippen LogP contribution in [0.25, 0.3) is 10.8 Å². The van der Waals surface area contributed by atoms with Crippen LogP contribution < -0.4 is 16.4 Å². The number of unbranched alkanes of at least 4 members (excludes halogenated alkanes) is 1. The zero-order valence-electron chi connectivity index (χ0n) is 14.4. The molecular formula is C19H25N3O3. The maximum atomic E-state index is 12.2. The lowest BCUT2D eigenvalue weighted by Gasteiger charge is -2.20. The standard InChI is InChI=1S/C19H25N3O3/c1-13(15-10-6-8-14-7-2-3-9-16(14)15)21-19(25)22-17(18(23)24)11-4-5-12-20/h2-3,6-10,13,17H,4-5,11-12,20H2,1H3,(H,23,24)(H2,21,22,25). The summed E-state index contributed by atoms with van der Waals surface area (Å²) in [6, 6.07) is 12.2. The number of urea groups is 1. The molecule has 0 radical (unpaired) electrons. The molecule has 2 aromatic carbocycles. The molecular weight excluding hydrogens is 318 g/mol. The van der Waals surface area contributed by atoms with Crippen LogP contribution in [-0.2, 0) is 4.79 Å². The van der Waals surface area contributed by atoms with E-state index in [0.717, 1.165) is 22.8 Å². The van der Waals surface area contributed by atoms with Gasteiger partial charge < -0.3 is 21.5 Å². The van der Waals surface area contributed by atoms with E-state index in [1.165, 1.54) is 0 Å². The first-order valence-electron chi connectivity index (χ1n) is 8.50. The number of aliphatic carboxylic acids is 1. The van der Waals surface area contributed by atoms with E-state index in [1.54, 1.807) is 0 Å². The fraction of sp³-hybridized carbons (Fsp3) is 0.368. The summed E-state index contributed by atoms with van der Waals surface area (Å²) in [6.07, 6.45) is 1.76. The van der Waals surface area contributed by atoms with Gasteiger partial charge in [0.15, 0.2) is 0 Å². The van der Waals surface area contributed by atoms with Crippen molar-refractivity contribution < 1.29 is 14.7 Å². The van der Waals surface area contributed by atoms with Crippen LogP contribution in [0.4, 0.5) is 4.79 Å². The van der Waals surface area contributed by atoms with Crippen molar-refractivity contribution in [3.8, 4) is 0 Å². The Kier molecular flexibility index (Phi) is 6.77. The number of fused-ring (bicyclic) bond motifs is 1. The topological polar surface area (TPSA) is 104 Å². The van der Waals surface area contributed by atoms with Gasteiger partial charge in [0, 0.05) is 0 Å². The molecule has 134 valence electrons. The Hall–Kier alpha value is -2.60. The Balaban J connectivity index is 2.02. The maximum Gasteiger partial charge on any atom is 0.326 e. The van der Waals surface area contributed by atoms with Crippen molar-refractivity contribution >= 4 is 22.8 Å². The molecule has 0 fully saturated rings. The monoisotopic (exact) mass is 343 g/mol. The molecule has 0 heterocycles. The van der Waals surface area contributed by atoms with Gasteiger partial charge in [0.05, 0.1) is 6.04 Å². The number of benzene rings is 2. The minimum absolute atomic E-state index is 0.246. The van der Waals surface area contributed by atoms with Crippen LogP contribution in [0.1, 0.15) is 37.8 Å². The Morgan fingerprint density at radius 2 is 1.80 bits per heavy atom. The van der Waals surface area contributed by atoms with Crippen molar-refractivity contribution in [3.63, 3.8) is 0 Å². The zero-order valence-corrected chi connectivity index (χ0v) is 14.4.